The van der Waals surface area contributed by atoms with Gasteiger partial charge in [-0.1, -0.05) is 37.3 Å². The number of benzene rings is 1. The van der Waals surface area contributed by atoms with E-state index in [1.807, 2.05) is 11.7 Å². The molecule has 3 rings (SSSR count). The van der Waals surface area contributed by atoms with E-state index in [2.05, 4.69) is 58.8 Å². The second-order valence-corrected chi connectivity index (χ2v) is 5.71. The molecule has 1 N–H and O–H groups in total. The highest BCUT2D eigenvalue weighted by Crippen LogP contribution is 2.25. The molecule has 0 bridgehead atoms. The molecule has 0 amide bonds. The van der Waals surface area contributed by atoms with Crippen molar-refractivity contribution in [2.24, 2.45) is 7.05 Å². The van der Waals surface area contributed by atoms with E-state index in [0.717, 1.165) is 26.1 Å². The van der Waals surface area contributed by atoms with Crippen LogP contribution < -0.4 is 10.2 Å². The van der Waals surface area contributed by atoms with Crippen LogP contribution in [0.1, 0.15) is 30.6 Å². The Morgan fingerprint density at radius 1 is 1.29 bits per heavy atom. The molecule has 1 aromatic carbocycles. The molecular formula is C17H24N4. The van der Waals surface area contributed by atoms with Crippen molar-refractivity contribution in [3.05, 3.63) is 47.8 Å². The van der Waals surface area contributed by atoms with Crippen molar-refractivity contribution in [3.8, 4) is 0 Å². The highest BCUT2D eigenvalue weighted by Gasteiger charge is 2.22. The summed E-state index contributed by atoms with van der Waals surface area (Å²) in [5.41, 5.74) is 3.86. The zero-order chi connectivity index (χ0) is 14.7. The van der Waals surface area contributed by atoms with Gasteiger partial charge >= 0.3 is 0 Å². The van der Waals surface area contributed by atoms with Crippen LogP contribution in [0.25, 0.3) is 0 Å². The minimum Gasteiger partial charge on any atom is -0.367 e. The molecular weight excluding hydrogens is 260 g/mol. The smallest absolute Gasteiger partial charge is 0.0855 e. The number of rotatable bonds is 3. The highest BCUT2D eigenvalue weighted by atomic mass is 15.3. The first-order valence-corrected chi connectivity index (χ1v) is 7.83. The maximum Gasteiger partial charge on any atom is 0.0855 e. The van der Waals surface area contributed by atoms with Crippen LogP contribution in [0.3, 0.4) is 0 Å². The standard InChI is InChI=1S/C17H24N4/c1-3-15-17(13-20(2)19-15)21-11-7-10-18-16(12-21)14-8-5-4-6-9-14/h4-6,8-9,13,16,18H,3,7,10-12H2,1-2H3. The average molecular weight is 284 g/mol. The van der Waals surface area contributed by atoms with Crippen LogP contribution in [0.4, 0.5) is 5.69 Å². The minimum absolute atomic E-state index is 0.388. The van der Waals surface area contributed by atoms with Gasteiger partial charge in [-0.2, -0.15) is 5.10 Å². The molecule has 112 valence electrons. The predicted molar refractivity (Wildman–Crippen MR) is 86.6 cm³/mol. The van der Waals surface area contributed by atoms with E-state index in [9.17, 15) is 0 Å². The summed E-state index contributed by atoms with van der Waals surface area (Å²) in [5, 5.41) is 8.26. The number of nitrogens with zero attached hydrogens (tertiary/aromatic N) is 3. The largest absolute Gasteiger partial charge is 0.367 e. The summed E-state index contributed by atoms with van der Waals surface area (Å²) >= 11 is 0. The van der Waals surface area contributed by atoms with Crippen LogP contribution in [0.15, 0.2) is 36.5 Å². The Morgan fingerprint density at radius 2 is 2.10 bits per heavy atom. The molecule has 1 saturated heterocycles. The quantitative estimate of drug-likeness (QED) is 0.940. The first kappa shape index (κ1) is 14.1. The molecule has 0 radical (unpaired) electrons. The highest BCUT2D eigenvalue weighted by molar-refractivity contribution is 5.50. The van der Waals surface area contributed by atoms with Crippen LogP contribution >= 0.6 is 0 Å². The molecule has 4 heteroatoms. The molecule has 1 aromatic heterocycles. The molecule has 1 aliphatic heterocycles. The van der Waals surface area contributed by atoms with Gasteiger partial charge in [0.05, 0.1) is 11.4 Å². The normalized spacial score (nSPS) is 19.5. The predicted octanol–water partition coefficient (Wildman–Crippen LogP) is 2.52. The van der Waals surface area contributed by atoms with Gasteiger partial charge in [-0.3, -0.25) is 4.68 Å². The molecule has 21 heavy (non-hydrogen) atoms. The fourth-order valence-corrected chi connectivity index (χ4v) is 3.09. The summed E-state index contributed by atoms with van der Waals surface area (Å²) in [6.07, 6.45) is 4.31. The third-order valence-corrected chi connectivity index (χ3v) is 4.16. The molecule has 1 fully saturated rings. The Balaban J connectivity index is 1.85. The Morgan fingerprint density at radius 3 is 2.86 bits per heavy atom. The monoisotopic (exact) mass is 284 g/mol. The molecule has 0 aliphatic carbocycles. The molecule has 0 saturated carbocycles. The van der Waals surface area contributed by atoms with Gasteiger partial charge in [0.1, 0.15) is 0 Å². The Bertz CT molecular complexity index is 576. The zero-order valence-electron chi connectivity index (χ0n) is 12.9. The minimum atomic E-state index is 0.388. The second-order valence-electron chi connectivity index (χ2n) is 5.71. The van der Waals surface area contributed by atoms with Crippen molar-refractivity contribution in [2.45, 2.75) is 25.8 Å². The average Bonchev–Trinajstić information content (AvgIpc) is 2.74. The van der Waals surface area contributed by atoms with Crippen molar-refractivity contribution in [1.82, 2.24) is 15.1 Å². The summed E-state index contributed by atoms with van der Waals surface area (Å²) in [5.74, 6) is 0. The Kier molecular flexibility index (Phi) is 4.25. The second kappa shape index (κ2) is 6.31. The molecule has 2 heterocycles. The van der Waals surface area contributed by atoms with Crippen molar-refractivity contribution in [2.75, 3.05) is 24.5 Å². The lowest BCUT2D eigenvalue weighted by molar-refractivity contribution is 0.569. The van der Waals surface area contributed by atoms with E-state index in [1.165, 1.54) is 23.4 Å². The van der Waals surface area contributed by atoms with Crippen LogP contribution in [-0.2, 0) is 13.5 Å². The number of hydrogen-bond acceptors (Lipinski definition) is 3. The number of aromatic nitrogens is 2. The molecule has 4 nitrogen and oxygen atoms in total. The Hall–Kier alpha value is -1.81. The summed E-state index contributed by atoms with van der Waals surface area (Å²) in [4.78, 5) is 2.49. The van der Waals surface area contributed by atoms with E-state index < -0.39 is 0 Å². The van der Waals surface area contributed by atoms with Gasteiger partial charge < -0.3 is 10.2 Å². The Labute approximate surface area is 126 Å². The van der Waals surface area contributed by atoms with Gasteiger partial charge in [-0.15, -0.1) is 0 Å². The lowest BCUT2D eigenvalue weighted by Gasteiger charge is -2.26. The third kappa shape index (κ3) is 3.10. The SMILES string of the molecule is CCc1nn(C)cc1N1CCCNC(c2ccccc2)C1. The lowest BCUT2D eigenvalue weighted by Crippen LogP contribution is -2.31. The maximum absolute atomic E-state index is 4.59. The molecule has 1 aliphatic rings. The van der Waals surface area contributed by atoms with Gasteiger partial charge in [-0.05, 0) is 24.9 Å². The van der Waals surface area contributed by atoms with Crippen molar-refractivity contribution in [1.29, 1.82) is 0 Å². The number of nitrogens with one attached hydrogen (secondary N) is 1. The van der Waals surface area contributed by atoms with Crippen LogP contribution in [0.2, 0.25) is 0 Å². The zero-order valence-corrected chi connectivity index (χ0v) is 12.9. The number of aryl methyl sites for hydroxylation is 2. The molecule has 2 aromatic rings. The summed E-state index contributed by atoms with van der Waals surface area (Å²) < 4.78 is 1.93. The third-order valence-electron chi connectivity index (χ3n) is 4.16. The van der Waals surface area contributed by atoms with E-state index in [-0.39, 0.29) is 0 Å². The van der Waals surface area contributed by atoms with Crippen LogP contribution in [0.5, 0.6) is 0 Å². The van der Waals surface area contributed by atoms with E-state index in [0.29, 0.717) is 6.04 Å². The molecule has 1 unspecified atom stereocenters. The topological polar surface area (TPSA) is 33.1 Å². The fourth-order valence-electron chi connectivity index (χ4n) is 3.09. The van der Waals surface area contributed by atoms with Gasteiger partial charge in [-0.25, -0.2) is 0 Å². The number of anilines is 1. The van der Waals surface area contributed by atoms with Crippen LogP contribution in [0, 0.1) is 0 Å². The summed E-state index contributed by atoms with van der Waals surface area (Å²) in [6, 6.07) is 11.1. The van der Waals surface area contributed by atoms with Gasteiger partial charge in [0.15, 0.2) is 0 Å². The van der Waals surface area contributed by atoms with Crippen molar-refractivity contribution in [3.63, 3.8) is 0 Å². The molecule has 1 atom stereocenters. The summed E-state index contributed by atoms with van der Waals surface area (Å²) in [6.45, 7) is 5.34. The van der Waals surface area contributed by atoms with Crippen LogP contribution in [-0.4, -0.2) is 29.4 Å². The van der Waals surface area contributed by atoms with Crippen molar-refractivity contribution >= 4 is 5.69 Å². The van der Waals surface area contributed by atoms with Gasteiger partial charge in [0.2, 0.25) is 0 Å². The van der Waals surface area contributed by atoms with Gasteiger partial charge in [0.25, 0.3) is 0 Å². The van der Waals surface area contributed by atoms with E-state index in [1.54, 1.807) is 0 Å². The first-order valence-electron chi connectivity index (χ1n) is 7.83. The first-order chi connectivity index (χ1) is 10.3. The van der Waals surface area contributed by atoms with Crippen molar-refractivity contribution < 1.29 is 0 Å². The lowest BCUT2D eigenvalue weighted by atomic mass is 10.1. The van der Waals surface area contributed by atoms with E-state index in [4.69, 9.17) is 0 Å². The van der Waals surface area contributed by atoms with Gasteiger partial charge in [0, 0.05) is 32.4 Å². The maximum atomic E-state index is 4.59. The fraction of sp³-hybridized carbons (Fsp3) is 0.471. The summed E-state index contributed by atoms with van der Waals surface area (Å²) in [7, 11) is 2.01. The number of hydrogen-bond donors (Lipinski definition) is 1. The van der Waals surface area contributed by atoms with E-state index >= 15 is 0 Å². The molecule has 0 spiro atoms.